The summed E-state index contributed by atoms with van der Waals surface area (Å²) in [5, 5.41) is 18.4. The van der Waals surface area contributed by atoms with Crippen molar-refractivity contribution in [2.24, 2.45) is 7.05 Å². The second-order valence-electron chi connectivity index (χ2n) is 4.18. The van der Waals surface area contributed by atoms with E-state index in [9.17, 15) is 9.90 Å². The van der Waals surface area contributed by atoms with E-state index >= 15 is 0 Å². The molecular weight excluding hydrogens is 330 g/mol. The number of thiophene rings is 1. The van der Waals surface area contributed by atoms with Crippen molar-refractivity contribution < 1.29 is 9.90 Å². The third-order valence-corrected chi connectivity index (χ3v) is 4.53. The molecule has 0 radical (unpaired) electrons. The number of carboxylic acid groups (broad SMARTS) is 1. The van der Waals surface area contributed by atoms with Gasteiger partial charge in [-0.15, -0.1) is 11.3 Å². The summed E-state index contributed by atoms with van der Waals surface area (Å²) < 4.78 is 2.68. The number of carboxylic acids is 1. The maximum atomic E-state index is 11.3. The van der Waals surface area contributed by atoms with Crippen molar-refractivity contribution in [2.45, 2.75) is 19.0 Å². The largest absolute Gasteiger partial charge is 0.480 e. The Labute approximate surface area is 123 Å². The van der Waals surface area contributed by atoms with E-state index in [-0.39, 0.29) is 0 Å². The zero-order valence-electron chi connectivity index (χ0n) is 10.3. The molecule has 2 N–H and O–H groups in total. The quantitative estimate of drug-likeness (QED) is 0.842. The fourth-order valence-electron chi connectivity index (χ4n) is 1.72. The highest BCUT2D eigenvalue weighted by atomic mass is 79.9. The summed E-state index contributed by atoms with van der Waals surface area (Å²) in [4.78, 5) is 11.3. The Hall–Kier alpha value is -1.18. The molecule has 1 atom stereocenters. The molecule has 0 spiro atoms. The first-order chi connectivity index (χ1) is 9.06. The average Bonchev–Trinajstić information content (AvgIpc) is 2.93. The molecule has 0 amide bonds. The topological polar surface area (TPSA) is 67.2 Å². The van der Waals surface area contributed by atoms with E-state index in [2.05, 4.69) is 26.3 Å². The lowest BCUT2D eigenvalue weighted by Gasteiger charge is -2.13. The number of nitrogens with zero attached hydrogens (tertiary/aromatic N) is 2. The second-order valence-corrected chi connectivity index (χ2v) is 6.41. The SMILES string of the molecule is Cn1ccc(CNC(Cc2ccsc2Br)C(=O)O)n1. The van der Waals surface area contributed by atoms with Gasteiger partial charge in [0.25, 0.3) is 0 Å². The van der Waals surface area contributed by atoms with Crippen molar-refractivity contribution in [2.75, 3.05) is 0 Å². The van der Waals surface area contributed by atoms with Crippen LogP contribution in [0.3, 0.4) is 0 Å². The molecule has 2 heterocycles. The number of carbonyl (C=O) groups is 1. The lowest BCUT2D eigenvalue weighted by Crippen LogP contribution is -2.38. The number of aromatic nitrogens is 2. The molecule has 0 aliphatic rings. The van der Waals surface area contributed by atoms with Crippen molar-refractivity contribution in [1.82, 2.24) is 15.1 Å². The van der Waals surface area contributed by atoms with E-state index in [1.165, 1.54) is 0 Å². The minimum Gasteiger partial charge on any atom is -0.480 e. The molecule has 7 heteroatoms. The molecular formula is C12H14BrN3O2S. The third kappa shape index (κ3) is 3.89. The number of hydrogen-bond acceptors (Lipinski definition) is 4. The summed E-state index contributed by atoms with van der Waals surface area (Å²) in [7, 11) is 1.83. The summed E-state index contributed by atoms with van der Waals surface area (Å²) in [6.07, 6.45) is 2.29. The van der Waals surface area contributed by atoms with Crippen LogP contribution in [0.5, 0.6) is 0 Å². The number of aryl methyl sites for hydroxylation is 1. The van der Waals surface area contributed by atoms with Crippen LogP contribution in [-0.4, -0.2) is 26.9 Å². The van der Waals surface area contributed by atoms with Crippen molar-refractivity contribution in [3.8, 4) is 0 Å². The van der Waals surface area contributed by atoms with Gasteiger partial charge in [0.1, 0.15) is 6.04 Å². The molecule has 0 aromatic carbocycles. The Kier molecular flexibility index (Phi) is 4.73. The first-order valence-electron chi connectivity index (χ1n) is 5.73. The van der Waals surface area contributed by atoms with E-state index in [0.29, 0.717) is 13.0 Å². The Balaban J connectivity index is 1.97. The summed E-state index contributed by atoms with van der Waals surface area (Å²) in [6, 6.07) is 3.19. The molecule has 0 saturated heterocycles. The van der Waals surface area contributed by atoms with Crippen LogP contribution in [-0.2, 0) is 24.8 Å². The molecule has 0 aliphatic carbocycles. The normalized spacial score (nSPS) is 12.5. The molecule has 19 heavy (non-hydrogen) atoms. The van der Waals surface area contributed by atoms with Crippen LogP contribution in [0.25, 0.3) is 0 Å². The zero-order chi connectivity index (χ0) is 13.8. The van der Waals surface area contributed by atoms with Gasteiger partial charge in [-0.3, -0.25) is 14.8 Å². The molecule has 1 unspecified atom stereocenters. The van der Waals surface area contributed by atoms with Gasteiger partial charge < -0.3 is 5.11 Å². The maximum absolute atomic E-state index is 11.3. The molecule has 2 aromatic rings. The second kappa shape index (κ2) is 6.31. The van der Waals surface area contributed by atoms with Crippen LogP contribution < -0.4 is 5.32 Å². The number of nitrogens with one attached hydrogen (secondary N) is 1. The fourth-order valence-corrected chi connectivity index (χ4v) is 2.99. The standard InChI is InChI=1S/C12H14BrN3O2S/c1-16-4-2-9(15-16)7-14-10(12(17)18)6-8-3-5-19-11(8)13/h2-5,10,14H,6-7H2,1H3,(H,17,18). The molecule has 0 bridgehead atoms. The lowest BCUT2D eigenvalue weighted by atomic mass is 10.1. The van der Waals surface area contributed by atoms with Crippen molar-refractivity contribution >= 4 is 33.2 Å². The average molecular weight is 344 g/mol. The predicted molar refractivity (Wildman–Crippen MR) is 77.2 cm³/mol. The zero-order valence-corrected chi connectivity index (χ0v) is 12.7. The van der Waals surface area contributed by atoms with Crippen LogP contribution in [0.4, 0.5) is 0 Å². The molecule has 2 aromatic heterocycles. The first kappa shape index (κ1) is 14.2. The fraction of sp³-hybridized carbons (Fsp3) is 0.333. The number of halogens is 1. The van der Waals surface area contributed by atoms with Crippen LogP contribution in [0.15, 0.2) is 27.5 Å². The molecule has 0 saturated carbocycles. The van der Waals surface area contributed by atoms with E-state index in [1.807, 2.05) is 30.8 Å². The van der Waals surface area contributed by atoms with Gasteiger partial charge in [0, 0.05) is 26.2 Å². The van der Waals surface area contributed by atoms with Crippen molar-refractivity contribution in [3.63, 3.8) is 0 Å². The van der Waals surface area contributed by atoms with Gasteiger partial charge in [-0.25, -0.2) is 0 Å². The van der Waals surface area contributed by atoms with Gasteiger partial charge in [0.2, 0.25) is 0 Å². The minimum atomic E-state index is -0.853. The number of aliphatic carboxylic acids is 1. The molecule has 5 nitrogen and oxygen atoms in total. The summed E-state index contributed by atoms with van der Waals surface area (Å²) in [5.74, 6) is -0.853. The molecule has 0 fully saturated rings. The highest BCUT2D eigenvalue weighted by Gasteiger charge is 2.19. The van der Waals surface area contributed by atoms with E-state index in [1.54, 1.807) is 16.0 Å². The molecule has 0 aliphatic heterocycles. The number of rotatable bonds is 6. The van der Waals surface area contributed by atoms with E-state index < -0.39 is 12.0 Å². The highest BCUT2D eigenvalue weighted by molar-refractivity contribution is 9.11. The van der Waals surface area contributed by atoms with Crippen LogP contribution in [0.1, 0.15) is 11.3 Å². The van der Waals surface area contributed by atoms with Crippen LogP contribution in [0.2, 0.25) is 0 Å². The minimum absolute atomic E-state index is 0.444. The smallest absolute Gasteiger partial charge is 0.321 e. The van der Waals surface area contributed by atoms with Gasteiger partial charge in [-0.2, -0.15) is 5.10 Å². The van der Waals surface area contributed by atoms with Crippen molar-refractivity contribution in [1.29, 1.82) is 0 Å². The Bertz CT molecular complexity index is 567. The van der Waals surface area contributed by atoms with Gasteiger partial charge in [0.15, 0.2) is 0 Å². The van der Waals surface area contributed by atoms with E-state index in [4.69, 9.17) is 0 Å². The summed E-state index contributed by atoms with van der Waals surface area (Å²) in [5.41, 5.74) is 1.84. The lowest BCUT2D eigenvalue weighted by molar-refractivity contribution is -0.139. The Morgan fingerprint density at radius 2 is 2.42 bits per heavy atom. The Morgan fingerprint density at radius 1 is 1.63 bits per heavy atom. The Morgan fingerprint density at radius 3 is 2.95 bits per heavy atom. The van der Waals surface area contributed by atoms with Crippen LogP contribution in [0, 0.1) is 0 Å². The van der Waals surface area contributed by atoms with Gasteiger partial charge in [0.05, 0.1) is 9.48 Å². The summed E-state index contributed by atoms with van der Waals surface area (Å²) in [6.45, 7) is 0.444. The maximum Gasteiger partial charge on any atom is 0.321 e. The van der Waals surface area contributed by atoms with Crippen LogP contribution >= 0.6 is 27.3 Å². The monoisotopic (exact) mass is 343 g/mol. The van der Waals surface area contributed by atoms with Gasteiger partial charge in [-0.05, 0) is 39.0 Å². The number of hydrogen-bond donors (Lipinski definition) is 2. The van der Waals surface area contributed by atoms with Gasteiger partial charge >= 0.3 is 5.97 Å². The predicted octanol–water partition coefficient (Wildman–Crippen LogP) is 2.03. The van der Waals surface area contributed by atoms with Crippen molar-refractivity contribution in [3.05, 3.63) is 38.8 Å². The summed E-state index contributed by atoms with van der Waals surface area (Å²) >= 11 is 4.98. The highest BCUT2D eigenvalue weighted by Crippen LogP contribution is 2.24. The third-order valence-electron chi connectivity index (χ3n) is 2.71. The first-order valence-corrected chi connectivity index (χ1v) is 7.40. The van der Waals surface area contributed by atoms with E-state index in [0.717, 1.165) is 15.0 Å². The molecule has 2 rings (SSSR count). The van der Waals surface area contributed by atoms with Gasteiger partial charge in [-0.1, -0.05) is 0 Å². The molecule has 102 valence electrons.